The number of rotatable bonds is 13. The Balaban J connectivity index is 2.06. The number of benzene rings is 3. The minimum Gasteiger partial charge on any atom is -0.354 e. The Morgan fingerprint density at radius 2 is 1.56 bits per heavy atom. The van der Waals surface area contributed by atoms with Crippen LogP contribution < -0.4 is 9.62 Å². The van der Waals surface area contributed by atoms with Crippen LogP contribution in [0.25, 0.3) is 0 Å². The van der Waals surface area contributed by atoms with Gasteiger partial charge in [-0.15, -0.1) is 0 Å². The Kier molecular flexibility index (Phi) is 11.6. The second-order valence-electron chi connectivity index (χ2n) is 9.67. The van der Waals surface area contributed by atoms with E-state index in [4.69, 9.17) is 23.2 Å². The number of aryl methyl sites for hydroxylation is 1. The second-order valence-corrected chi connectivity index (χ2v) is 12.4. The van der Waals surface area contributed by atoms with Crippen LogP contribution >= 0.6 is 23.2 Å². The first-order valence-electron chi connectivity index (χ1n) is 13.3. The van der Waals surface area contributed by atoms with Crippen molar-refractivity contribution < 1.29 is 22.4 Å². The minimum atomic E-state index is -4.26. The van der Waals surface area contributed by atoms with E-state index in [0.29, 0.717) is 12.1 Å². The fourth-order valence-electron chi connectivity index (χ4n) is 4.26. The van der Waals surface area contributed by atoms with Crippen molar-refractivity contribution in [1.29, 1.82) is 0 Å². The van der Waals surface area contributed by atoms with Crippen molar-refractivity contribution in [3.8, 4) is 0 Å². The molecule has 7 nitrogen and oxygen atoms in total. The number of halogens is 3. The van der Waals surface area contributed by atoms with Gasteiger partial charge < -0.3 is 10.2 Å². The number of carbonyl (C=O) groups is 2. The molecule has 0 saturated heterocycles. The highest BCUT2D eigenvalue weighted by Crippen LogP contribution is 2.30. The average Bonchev–Trinajstić information content (AvgIpc) is 2.92. The van der Waals surface area contributed by atoms with E-state index >= 15 is 0 Å². The molecule has 1 N–H and O–H groups in total. The fourth-order valence-corrected chi connectivity index (χ4v) is 6.17. The molecule has 0 heterocycles. The Labute approximate surface area is 251 Å². The van der Waals surface area contributed by atoms with E-state index in [1.54, 1.807) is 19.1 Å². The molecule has 2 amide bonds. The van der Waals surface area contributed by atoms with Gasteiger partial charge in [0.05, 0.1) is 10.6 Å². The summed E-state index contributed by atoms with van der Waals surface area (Å²) in [4.78, 5) is 28.5. The predicted molar refractivity (Wildman–Crippen MR) is 161 cm³/mol. The number of unbranched alkanes of at least 4 members (excludes halogenated alkanes) is 1. The van der Waals surface area contributed by atoms with Gasteiger partial charge in [-0.3, -0.25) is 13.9 Å². The number of amides is 2. The lowest BCUT2D eigenvalue weighted by Gasteiger charge is -2.33. The first kappa shape index (κ1) is 32.4. The van der Waals surface area contributed by atoms with Gasteiger partial charge in [-0.1, -0.05) is 73.3 Å². The third-order valence-corrected chi connectivity index (χ3v) is 8.73. The van der Waals surface area contributed by atoms with Gasteiger partial charge in [0.2, 0.25) is 11.8 Å². The number of nitrogens with one attached hydrogen (secondary N) is 1. The van der Waals surface area contributed by atoms with Crippen LogP contribution in [-0.4, -0.2) is 44.3 Å². The number of sulfonamides is 1. The SMILES string of the molecule is CCCCNC(=O)[C@H](CC)N(Cc1ccc(F)cc1)C(=O)CN(c1cc(Cl)cc(Cl)c1)S(=O)(=O)c1ccc(C)cc1. The van der Waals surface area contributed by atoms with Crippen LogP contribution in [0.3, 0.4) is 0 Å². The number of carbonyl (C=O) groups excluding carboxylic acids is 2. The fraction of sp³-hybridized carbons (Fsp3) is 0.333. The van der Waals surface area contributed by atoms with E-state index in [9.17, 15) is 22.4 Å². The van der Waals surface area contributed by atoms with Crippen molar-refractivity contribution in [2.45, 2.75) is 57.5 Å². The zero-order valence-corrected chi connectivity index (χ0v) is 25.6. The number of hydrogen-bond acceptors (Lipinski definition) is 4. The van der Waals surface area contributed by atoms with Crippen LogP contribution in [0.5, 0.6) is 0 Å². The average molecular weight is 623 g/mol. The molecular weight excluding hydrogens is 588 g/mol. The maximum atomic E-state index is 14.0. The molecular formula is C30H34Cl2FN3O4S. The lowest BCUT2D eigenvalue weighted by molar-refractivity contribution is -0.140. The van der Waals surface area contributed by atoms with E-state index in [-0.39, 0.29) is 39.5 Å². The van der Waals surface area contributed by atoms with E-state index in [2.05, 4.69) is 5.32 Å². The highest BCUT2D eigenvalue weighted by molar-refractivity contribution is 7.92. The van der Waals surface area contributed by atoms with Crippen LogP contribution in [0, 0.1) is 12.7 Å². The summed E-state index contributed by atoms with van der Waals surface area (Å²) in [6.45, 7) is 5.38. The van der Waals surface area contributed by atoms with Gasteiger partial charge in [0.15, 0.2) is 0 Å². The normalized spacial score (nSPS) is 12.0. The molecule has 0 aliphatic rings. The molecule has 11 heteroatoms. The summed E-state index contributed by atoms with van der Waals surface area (Å²) in [6.07, 6.45) is 1.92. The molecule has 1 atom stereocenters. The van der Waals surface area contributed by atoms with E-state index in [1.807, 2.05) is 13.8 Å². The van der Waals surface area contributed by atoms with Crippen LogP contribution in [0.15, 0.2) is 71.6 Å². The first-order valence-corrected chi connectivity index (χ1v) is 15.5. The molecule has 0 spiro atoms. The van der Waals surface area contributed by atoms with Gasteiger partial charge in [0, 0.05) is 23.1 Å². The predicted octanol–water partition coefficient (Wildman–Crippen LogP) is 6.36. The molecule has 0 aromatic heterocycles. The van der Waals surface area contributed by atoms with Gasteiger partial charge in [-0.05, 0) is 67.8 Å². The van der Waals surface area contributed by atoms with Crippen LogP contribution in [0.2, 0.25) is 10.0 Å². The zero-order valence-electron chi connectivity index (χ0n) is 23.2. The van der Waals surface area contributed by atoms with Crippen molar-refractivity contribution in [3.05, 3.63) is 93.7 Å². The van der Waals surface area contributed by atoms with E-state index in [0.717, 1.165) is 22.7 Å². The lowest BCUT2D eigenvalue weighted by atomic mass is 10.1. The van der Waals surface area contributed by atoms with Crippen LogP contribution in [0.1, 0.15) is 44.2 Å². The minimum absolute atomic E-state index is 0.0265. The second kappa shape index (κ2) is 14.7. The van der Waals surface area contributed by atoms with E-state index < -0.39 is 34.3 Å². The molecule has 0 fully saturated rings. The molecule has 41 heavy (non-hydrogen) atoms. The summed E-state index contributed by atoms with van der Waals surface area (Å²) in [6, 6.07) is 15.2. The van der Waals surface area contributed by atoms with E-state index in [1.165, 1.54) is 59.5 Å². The standard InChI is InChI=1S/C30H34Cl2FN3O4S/c1-4-6-15-34-30(38)28(5-2)35(19-22-9-11-25(33)12-10-22)29(37)20-36(26-17-23(31)16-24(32)18-26)41(39,40)27-13-7-21(3)8-14-27/h7-14,16-18,28H,4-6,15,19-20H2,1-3H3,(H,34,38)/t28-/m0/s1. The highest BCUT2D eigenvalue weighted by atomic mass is 35.5. The number of anilines is 1. The first-order chi connectivity index (χ1) is 19.5. The van der Waals surface area contributed by atoms with Crippen molar-refractivity contribution in [3.63, 3.8) is 0 Å². The third-order valence-electron chi connectivity index (χ3n) is 6.50. The van der Waals surface area contributed by atoms with Crippen molar-refractivity contribution in [2.24, 2.45) is 0 Å². The summed E-state index contributed by atoms with van der Waals surface area (Å²) < 4.78 is 42.4. The molecule has 0 saturated carbocycles. The van der Waals surface area contributed by atoms with Crippen LogP contribution in [-0.2, 0) is 26.2 Å². The molecule has 0 aliphatic heterocycles. The topological polar surface area (TPSA) is 86.8 Å². The Morgan fingerprint density at radius 1 is 0.951 bits per heavy atom. The van der Waals surface area contributed by atoms with Gasteiger partial charge in [0.25, 0.3) is 10.0 Å². The Morgan fingerprint density at radius 3 is 2.12 bits per heavy atom. The summed E-state index contributed by atoms with van der Waals surface area (Å²) >= 11 is 12.4. The lowest BCUT2D eigenvalue weighted by Crippen LogP contribution is -2.52. The highest BCUT2D eigenvalue weighted by Gasteiger charge is 2.34. The van der Waals surface area contributed by atoms with Gasteiger partial charge in [-0.25, -0.2) is 12.8 Å². The molecule has 0 aliphatic carbocycles. The molecule has 220 valence electrons. The summed E-state index contributed by atoms with van der Waals surface area (Å²) in [7, 11) is -4.26. The van der Waals surface area contributed by atoms with Crippen molar-refractivity contribution >= 4 is 50.7 Å². The summed E-state index contributed by atoms with van der Waals surface area (Å²) in [5.41, 5.74) is 1.54. The quantitative estimate of drug-likeness (QED) is 0.225. The van der Waals surface area contributed by atoms with Gasteiger partial charge in [-0.2, -0.15) is 0 Å². The smallest absolute Gasteiger partial charge is 0.264 e. The molecule has 3 aromatic carbocycles. The zero-order chi connectivity index (χ0) is 30.2. The third kappa shape index (κ3) is 8.67. The molecule has 3 aromatic rings. The molecule has 0 radical (unpaired) electrons. The van der Waals surface area contributed by atoms with Crippen molar-refractivity contribution in [2.75, 3.05) is 17.4 Å². The van der Waals surface area contributed by atoms with Gasteiger partial charge >= 0.3 is 0 Å². The van der Waals surface area contributed by atoms with Crippen LogP contribution in [0.4, 0.5) is 10.1 Å². The molecule has 3 rings (SSSR count). The summed E-state index contributed by atoms with van der Waals surface area (Å²) in [5.74, 6) is -1.42. The largest absolute Gasteiger partial charge is 0.354 e. The maximum Gasteiger partial charge on any atom is 0.264 e. The van der Waals surface area contributed by atoms with Gasteiger partial charge in [0.1, 0.15) is 18.4 Å². The summed E-state index contributed by atoms with van der Waals surface area (Å²) in [5, 5.41) is 3.24. The maximum absolute atomic E-state index is 14.0. The number of nitrogens with zero attached hydrogens (tertiary/aromatic N) is 2. The molecule has 0 unspecified atom stereocenters. The Hall–Kier alpha value is -3.14. The molecule has 0 bridgehead atoms. The van der Waals surface area contributed by atoms with Crippen molar-refractivity contribution in [1.82, 2.24) is 10.2 Å². The number of hydrogen-bond donors (Lipinski definition) is 1. The monoisotopic (exact) mass is 621 g/mol. The Bertz CT molecular complexity index is 1430.